The predicted octanol–water partition coefficient (Wildman–Crippen LogP) is 3.95. The first-order chi connectivity index (χ1) is 13.8. The van der Waals surface area contributed by atoms with Crippen LogP contribution in [0.1, 0.15) is 33.0 Å². The zero-order chi connectivity index (χ0) is 21.1. The van der Waals surface area contributed by atoms with Crippen LogP contribution in [0.3, 0.4) is 0 Å². The van der Waals surface area contributed by atoms with Crippen molar-refractivity contribution in [1.29, 1.82) is 0 Å². The molecule has 0 bridgehead atoms. The van der Waals surface area contributed by atoms with E-state index < -0.39 is 18.5 Å². The highest BCUT2D eigenvalue weighted by Gasteiger charge is 2.20. The van der Waals surface area contributed by atoms with Gasteiger partial charge in [0.1, 0.15) is 5.15 Å². The zero-order valence-electron chi connectivity index (χ0n) is 16.6. The number of nitrogens with one attached hydrogen (secondary N) is 1. The maximum absolute atomic E-state index is 12.3. The third-order valence-electron chi connectivity index (χ3n) is 4.40. The van der Waals surface area contributed by atoms with Gasteiger partial charge in [0, 0.05) is 5.69 Å². The SMILES string of the molecule is Cc1cc(C)c(C(=O)OCC(=O)Nc2c(C)nn(-c3ccccc3)c2C)c(Cl)n1. The van der Waals surface area contributed by atoms with Gasteiger partial charge in [-0.1, -0.05) is 29.8 Å². The number of nitrogens with zero attached hydrogens (tertiary/aromatic N) is 3. The molecule has 150 valence electrons. The molecule has 0 saturated heterocycles. The van der Waals surface area contributed by atoms with E-state index in [0.717, 1.165) is 11.4 Å². The molecule has 2 aromatic heterocycles. The molecule has 2 heterocycles. The third-order valence-corrected chi connectivity index (χ3v) is 4.67. The molecule has 0 radical (unpaired) electrons. The van der Waals surface area contributed by atoms with Crippen molar-refractivity contribution in [3.05, 3.63) is 69.8 Å². The Bertz CT molecular complexity index is 1050. The lowest BCUT2D eigenvalue weighted by atomic mass is 10.1. The van der Waals surface area contributed by atoms with Gasteiger partial charge in [-0.3, -0.25) is 4.79 Å². The van der Waals surface area contributed by atoms with Crippen LogP contribution in [-0.2, 0) is 9.53 Å². The minimum atomic E-state index is -0.691. The molecule has 0 aliphatic carbocycles. The van der Waals surface area contributed by atoms with Crippen LogP contribution in [-0.4, -0.2) is 33.2 Å². The van der Waals surface area contributed by atoms with Gasteiger partial charge < -0.3 is 10.1 Å². The Hall–Kier alpha value is -3.19. The molecule has 0 aliphatic rings. The van der Waals surface area contributed by atoms with Gasteiger partial charge >= 0.3 is 5.97 Å². The average molecular weight is 413 g/mol. The van der Waals surface area contributed by atoms with Gasteiger partial charge in [0.25, 0.3) is 5.91 Å². The Morgan fingerprint density at radius 1 is 1.14 bits per heavy atom. The fraction of sp³-hybridized carbons (Fsp3) is 0.238. The Labute approximate surface area is 173 Å². The summed E-state index contributed by atoms with van der Waals surface area (Å²) in [5.41, 5.74) is 4.40. The summed E-state index contributed by atoms with van der Waals surface area (Å²) in [6.45, 7) is 6.73. The number of halogens is 1. The molecule has 1 aromatic carbocycles. The number of para-hydroxylation sites is 1. The molecule has 3 rings (SSSR count). The van der Waals surface area contributed by atoms with E-state index in [4.69, 9.17) is 16.3 Å². The zero-order valence-corrected chi connectivity index (χ0v) is 17.4. The lowest BCUT2D eigenvalue weighted by Crippen LogP contribution is -2.22. The number of anilines is 1. The maximum atomic E-state index is 12.3. The van der Waals surface area contributed by atoms with E-state index >= 15 is 0 Å². The monoisotopic (exact) mass is 412 g/mol. The molecule has 0 atom stereocenters. The van der Waals surface area contributed by atoms with E-state index in [1.165, 1.54) is 0 Å². The molecule has 29 heavy (non-hydrogen) atoms. The fourth-order valence-electron chi connectivity index (χ4n) is 3.06. The number of carbonyl (C=O) groups is 2. The van der Waals surface area contributed by atoms with Crippen LogP contribution in [0.15, 0.2) is 36.4 Å². The Morgan fingerprint density at radius 2 is 1.83 bits per heavy atom. The van der Waals surface area contributed by atoms with Crippen LogP contribution in [0.25, 0.3) is 5.69 Å². The number of esters is 1. The second-order valence-corrected chi connectivity index (χ2v) is 7.02. The average Bonchev–Trinajstić information content (AvgIpc) is 2.94. The van der Waals surface area contributed by atoms with Gasteiger partial charge in [0.2, 0.25) is 0 Å². The molecule has 7 nitrogen and oxygen atoms in total. The van der Waals surface area contributed by atoms with Crippen molar-refractivity contribution in [1.82, 2.24) is 14.8 Å². The number of aromatic nitrogens is 3. The molecule has 0 spiro atoms. The van der Waals surface area contributed by atoms with Crippen molar-refractivity contribution in [3.63, 3.8) is 0 Å². The molecule has 0 unspecified atom stereocenters. The number of benzene rings is 1. The van der Waals surface area contributed by atoms with Crippen molar-refractivity contribution < 1.29 is 14.3 Å². The molecule has 1 N–H and O–H groups in total. The number of pyridine rings is 1. The first kappa shape index (κ1) is 20.5. The molecule has 1 amide bonds. The molecule has 3 aromatic rings. The van der Waals surface area contributed by atoms with E-state index in [9.17, 15) is 9.59 Å². The van der Waals surface area contributed by atoms with Gasteiger partial charge in [-0.25, -0.2) is 14.5 Å². The van der Waals surface area contributed by atoms with Gasteiger partial charge in [0.05, 0.1) is 28.3 Å². The van der Waals surface area contributed by atoms with Crippen molar-refractivity contribution >= 4 is 29.2 Å². The van der Waals surface area contributed by atoms with E-state index in [1.807, 2.05) is 37.3 Å². The topological polar surface area (TPSA) is 86.1 Å². The van der Waals surface area contributed by atoms with Crippen LogP contribution < -0.4 is 5.32 Å². The third kappa shape index (κ3) is 4.46. The Morgan fingerprint density at radius 3 is 2.48 bits per heavy atom. The standard InChI is InChI=1S/C21H21ClN4O3/c1-12-10-13(2)23-20(22)18(12)21(28)29-11-17(27)24-19-14(3)25-26(15(19)4)16-8-6-5-7-9-16/h5-10H,11H2,1-4H3,(H,24,27). The van der Waals surface area contributed by atoms with Crippen LogP contribution in [0.5, 0.6) is 0 Å². The summed E-state index contributed by atoms with van der Waals surface area (Å²) in [5, 5.41) is 7.30. The van der Waals surface area contributed by atoms with Gasteiger partial charge in [0.15, 0.2) is 6.61 Å². The molecular formula is C21H21ClN4O3. The summed E-state index contributed by atoms with van der Waals surface area (Å²) in [6, 6.07) is 11.3. The highest BCUT2D eigenvalue weighted by Crippen LogP contribution is 2.23. The summed E-state index contributed by atoms with van der Waals surface area (Å²) < 4.78 is 6.88. The van der Waals surface area contributed by atoms with Crippen molar-refractivity contribution in [3.8, 4) is 5.69 Å². The largest absolute Gasteiger partial charge is 0.452 e. The minimum absolute atomic E-state index is 0.0590. The highest BCUT2D eigenvalue weighted by atomic mass is 35.5. The van der Waals surface area contributed by atoms with E-state index in [1.54, 1.807) is 31.5 Å². The number of hydrogen-bond acceptors (Lipinski definition) is 5. The Kier molecular flexibility index (Phi) is 5.98. The molecule has 0 saturated carbocycles. The Balaban J connectivity index is 1.69. The summed E-state index contributed by atoms with van der Waals surface area (Å²) in [5.74, 6) is -1.16. The first-order valence-corrected chi connectivity index (χ1v) is 9.38. The van der Waals surface area contributed by atoms with Crippen molar-refractivity contribution in [2.75, 3.05) is 11.9 Å². The highest BCUT2D eigenvalue weighted by molar-refractivity contribution is 6.32. The van der Waals surface area contributed by atoms with E-state index in [0.29, 0.717) is 22.6 Å². The van der Waals surface area contributed by atoms with Crippen LogP contribution in [0.4, 0.5) is 5.69 Å². The van der Waals surface area contributed by atoms with Gasteiger partial charge in [-0.15, -0.1) is 0 Å². The van der Waals surface area contributed by atoms with E-state index in [-0.39, 0.29) is 10.7 Å². The predicted molar refractivity (Wildman–Crippen MR) is 111 cm³/mol. The summed E-state index contributed by atoms with van der Waals surface area (Å²) >= 11 is 6.05. The summed E-state index contributed by atoms with van der Waals surface area (Å²) in [7, 11) is 0. The van der Waals surface area contributed by atoms with Crippen LogP contribution >= 0.6 is 11.6 Å². The lowest BCUT2D eigenvalue weighted by Gasteiger charge is -2.10. The van der Waals surface area contributed by atoms with Crippen molar-refractivity contribution in [2.24, 2.45) is 0 Å². The number of hydrogen-bond donors (Lipinski definition) is 1. The van der Waals surface area contributed by atoms with Gasteiger partial charge in [-0.05, 0) is 51.5 Å². The normalized spacial score (nSPS) is 10.7. The fourth-order valence-corrected chi connectivity index (χ4v) is 3.42. The van der Waals surface area contributed by atoms with Crippen molar-refractivity contribution in [2.45, 2.75) is 27.7 Å². The second-order valence-electron chi connectivity index (χ2n) is 6.66. The molecule has 0 aliphatic heterocycles. The minimum Gasteiger partial charge on any atom is -0.452 e. The summed E-state index contributed by atoms with van der Waals surface area (Å²) in [6.07, 6.45) is 0. The molecule has 0 fully saturated rings. The molecular weight excluding hydrogens is 392 g/mol. The maximum Gasteiger partial charge on any atom is 0.342 e. The number of ether oxygens (including phenoxy) is 1. The number of carbonyl (C=O) groups excluding carboxylic acids is 2. The number of aryl methyl sites for hydroxylation is 3. The summed E-state index contributed by atoms with van der Waals surface area (Å²) in [4.78, 5) is 28.7. The van der Waals surface area contributed by atoms with Gasteiger partial charge in [-0.2, -0.15) is 5.10 Å². The number of amides is 1. The van der Waals surface area contributed by atoms with E-state index in [2.05, 4.69) is 15.4 Å². The smallest absolute Gasteiger partial charge is 0.342 e. The van der Waals surface area contributed by atoms with Crippen LogP contribution in [0.2, 0.25) is 5.15 Å². The lowest BCUT2D eigenvalue weighted by molar-refractivity contribution is -0.119. The first-order valence-electron chi connectivity index (χ1n) is 9.00. The number of rotatable bonds is 5. The van der Waals surface area contributed by atoms with Crippen LogP contribution in [0, 0.1) is 27.7 Å². The second kappa shape index (κ2) is 8.45. The quantitative estimate of drug-likeness (QED) is 0.506. The molecule has 8 heteroatoms.